The minimum absolute atomic E-state index is 0.730. The Morgan fingerprint density at radius 3 is 2.88 bits per heavy atom. The lowest BCUT2D eigenvalue weighted by Crippen LogP contribution is -2.13. The smallest absolute Gasteiger partial charge is 0.123 e. The van der Waals surface area contributed by atoms with Crippen molar-refractivity contribution in [3.8, 4) is 5.75 Å². The maximum absolute atomic E-state index is 5.34. The molecule has 17 heavy (non-hydrogen) atoms. The highest BCUT2D eigenvalue weighted by Gasteiger charge is 2.06. The van der Waals surface area contributed by atoms with Crippen LogP contribution < -0.4 is 10.1 Å². The molecule has 0 fully saturated rings. The molecule has 1 aromatic carbocycles. The third kappa shape index (κ3) is 2.65. The molecule has 0 saturated carbocycles. The van der Waals surface area contributed by atoms with Crippen LogP contribution in [0.5, 0.6) is 5.75 Å². The average molecular weight is 231 g/mol. The third-order valence-corrected chi connectivity index (χ3v) is 2.68. The molecule has 0 saturated heterocycles. The molecule has 0 aliphatic carbocycles. The second-order valence-electron chi connectivity index (χ2n) is 3.82. The summed E-state index contributed by atoms with van der Waals surface area (Å²) >= 11 is 0. The Hall–Kier alpha value is -1.81. The summed E-state index contributed by atoms with van der Waals surface area (Å²) in [6.07, 6.45) is 1.82. The molecule has 4 nitrogen and oxygen atoms in total. The fourth-order valence-electron chi connectivity index (χ4n) is 1.83. The molecular formula is C13H17N3O. The number of para-hydroxylation sites is 1. The van der Waals surface area contributed by atoms with Gasteiger partial charge in [-0.25, -0.2) is 0 Å². The van der Waals surface area contributed by atoms with Crippen molar-refractivity contribution < 1.29 is 4.74 Å². The monoisotopic (exact) mass is 231 g/mol. The molecule has 0 aliphatic rings. The normalized spacial score (nSPS) is 10.5. The first kappa shape index (κ1) is 11.7. The number of benzene rings is 1. The molecule has 0 radical (unpaired) electrons. The lowest BCUT2D eigenvalue weighted by atomic mass is 10.2. The van der Waals surface area contributed by atoms with Gasteiger partial charge in [-0.15, -0.1) is 0 Å². The van der Waals surface area contributed by atoms with E-state index < -0.39 is 0 Å². The Labute approximate surface area is 101 Å². The molecule has 4 heteroatoms. The Morgan fingerprint density at radius 1 is 1.29 bits per heavy atom. The van der Waals surface area contributed by atoms with Gasteiger partial charge < -0.3 is 10.1 Å². The van der Waals surface area contributed by atoms with Crippen molar-refractivity contribution >= 4 is 0 Å². The zero-order valence-corrected chi connectivity index (χ0v) is 10.2. The number of hydrogen-bond donors (Lipinski definition) is 1. The van der Waals surface area contributed by atoms with Gasteiger partial charge in [0.25, 0.3) is 0 Å². The zero-order valence-electron chi connectivity index (χ0n) is 10.2. The molecule has 0 amide bonds. The van der Waals surface area contributed by atoms with E-state index in [2.05, 4.69) is 16.5 Å². The molecule has 1 heterocycles. The predicted octanol–water partition coefficient (Wildman–Crippen LogP) is 1.66. The van der Waals surface area contributed by atoms with Crippen LogP contribution in [0.25, 0.3) is 0 Å². The van der Waals surface area contributed by atoms with E-state index in [1.54, 1.807) is 7.11 Å². The average Bonchev–Trinajstić information content (AvgIpc) is 2.78. The Bertz CT molecular complexity index is 479. The predicted molar refractivity (Wildman–Crippen MR) is 67.1 cm³/mol. The third-order valence-electron chi connectivity index (χ3n) is 2.68. The Kier molecular flexibility index (Phi) is 3.77. The van der Waals surface area contributed by atoms with Gasteiger partial charge in [0.05, 0.1) is 19.3 Å². The topological polar surface area (TPSA) is 39.1 Å². The zero-order chi connectivity index (χ0) is 12.1. The molecule has 0 atom stereocenters. The van der Waals surface area contributed by atoms with Crippen LogP contribution in [-0.2, 0) is 13.1 Å². The van der Waals surface area contributed by atoms with Crippen LogP contribution in [0.1, 0.15) is 11.3 Å². The van der Waals surface area contributed by atoms with Crippen LogP contribution in [-0.4, -0.2) is 23.9 Å². The highest BCUT2D eigenvalue weighted by molar-refractivity contribution is 5.33. The van der Waals surface area contributed by atoms with E-state index in [1.807, 2.05) is 42.2 Å². The van der Waals surface area contributed by atoms with Crippen molar-refractivity contribution in [2.24, 2.45) is 0 Å². The quantitative estimate of drug-likeness (QED) is 0.850. The van der Waals surface area contributed by atoms with E-state index in [4.69, 9.17) is 4.74 Å². The largest absolute Gasteiger partial charge is 0.496 e. The molecule has 2 aromatic rings. The molecule has 90 valence electrons. The van der Waals surface area contributed by atoms with Crippen LogP contribution in [0, 0.1) is 0 Å². The van der Waals surface area contributed by atoms with E-state index >= 15 is 0 Å². The van der Waals surface area contributed by atoms with Crippen molar-refractivity contribution in [2.75, 3.05) is 14.2 Å². The lowest BCUT2D eigenvalue weighted by molar-refractivity contribution is 0.407. The van der Waals surface area contributed by atoms with Gasteiger partial charge in [-0.2, -0.15) is 5.10 Å². The summed E-state index contributed by atoms with van der Waals surface area (Å²) in [6.45, 7) is 1.54. The van der Waals surface area contributed by atoms with Gasteiger partial charge in [0, 0.05) is 18.3 Å². The summed E-state index contributed by atoms with van der Waals surface area (Å²) in [4.78, 5) is 0. The van der Waals surface area contributed by atoms with E-state index in [0.29, 0.717) is 0 Å². The summed E-state index contributed by atoms with van der Waals surface area (Å²) in [5.41, 5.74) is 2.30. The highest BCUT2D eigenvalue weighted by atomic mass is 16.5. The molecule has 0 aliphatic heterocycles. The minimum Gasteiger partial charge on any atom is -0.496 e. The van der Waals surface area contributed by atoms with E-state index in [-0.39, 0.29) is 0 Å². The second kappa shape index (κ2) is 5.50. The fraction of sp³-hybridized carbons (Fsp3) is 0.308. The second-order valence-corrected chi connectivity index (χ2v) is 3.82. The first-order valence-corrected chi connectivity index (χ1v) is 5.62. The number of methoxy groups -OCH3 is 1. The number of ether oxygens (including phenoxy) is 1. The van der Waals surface area contributed by atoms with E-state index in [9.17, 15) is 0 Å². The van der Waals surface area contributed by atoms with Crippen molar-refractivity contribution in [3.63, 3.8) is 0 Å². The van der Waals surface area contributed by atoms with Crippen LogP contribution in [0.3, 0.4) is 0 Å². The fourth-order valence-corrected chi connectivity index (χ4v) is 1.83. The summed E-state index contributed by atoms with van der Waals surface area (Å²) in [5, 5.41) is 7.46. The summed E-state index contributed by atoms with van der Waals surface area (Å²) in [7, 11) is 3.62. The van der Waals surface area contributed by atoms with Gasteiger partial charge >= 0.3 is 0 Å². The van der Waals surface area contributed by atoms with Gasteiger partial charge in [-0.05, 0) is 19.2 Å². The number of nitrogens with one attached hydrogen (secondary N) is 1. The molecule has 2 rings (SSSR count). The summed E-state index contributed by atoms with van der Waals surface area (Å²) in [6, 6.07) is 10.0. The van der Waals surface area contributed by atoms with E-state index in [1.165, 1.54) is 5.69 Å². The first-order valence-electron chi connectivity index (χ1n) is 5.62. The Balaban J connectivity index is 2.22. The molecule has 1 aromatic heterocycles. The number of aromatic nitrogens is 2. The molecular weight excluding hydrogens is 214 g/mol. The van der Waals surface area contributed by atoms with Gasteiger partial charge in [0.15, 0.2) is 0 Å². The molecule has 1 N–H and O–H groups in total. The van der Waals surface area contributed by atoms with Crippen molar-refractivity contribution in [2.45, 2.75) is 13.1 Å². The maximum atomic E-state index is 5.34. The van der Waals surface area contributed by atoms with Gasteiger partial charge in [0.2, 0.25) is 0 Å². The molecule has 0 bridgehead atoms. The molecule has 0 spiro atoms. The van der Waals surface area contributed by atoms with Crippen LogP contribution in [0.15, 0.2) is 36.5 Å². The number of hydrogen-bond acceptors (Lipinski definition) is 3. The van der Waals surface area contributed by atoms with Gasteiger partial charge in [0.1, 0.15) is 5.75 Å². The van der Waals surface area contributed by atoms with Crippen LogP contribution in [0.2, 0.25) is 0 Å². The number of rotatable bonds is 5. The van der Waals surface area contributed by atoms with Crippen molar-refractivity contribution in [3.05, 3.63) is 47.8 Å². The summed E-state index contributed by atoms with van der Waals surface area (Å²) < 4.78 is 7.32. The lowest BCUT2D eigenvalue weighted by Gasteiger charge is -2.10. The SMILES string of the molecule is CNCc1ccnn1Cc1ccccc1OC. The standard InChI is InChI=1S/C13H17N3O/c1-14-9-12-7-8-15-16(12)10-11-5-3-4-6-13(11)17-2/h3-8,14H,9-10H2,1-2H3. The van der Waals surface area contributed by atoms with Crippen molar-refractivity contribution in [1.29, 1.82) is 0 Å². The number of nitrogens with zero attached hydrogens (tertiary/aromatic N) is 2. The first-order chi connectivity index (χ1) is 8.35. The summed E-state index contributed by atoms with van der Waals surface area (Å²) in [5.74, 6) is 0.901. The minimum atomic E-state index is 0.730. The van der Waals surface area contributed by atoms with Gasteiger partial charge in [-0.1, -0.05) is 18.2 Å². The van der Waals surface area contributed by atoms with Crippen molar-refractivity contribution in [1.82, 2.24) is 15.1 Å². The highest BCUT2D eigenvalue weighted by Crippen LogP contribution is 2.18. The van der Waals surface area contributed by atoms with Gasteiger partial charge in [-0.3, -0.25) is 4.68 Å². The maximum Gasteiger partial charge on any atom is 0.123 e. The van der Waals surface area contributed by atoms with Crippen LogP contribution in [0.4, 0.5) is 0 Å². The molecule has 0 unspecified atom stereocenters. The van der Waals surface area contributed by atoms with Crippen LogP contribution >= 0.6 is 0 Å². The van der Waals surface area contributed by atoms with E-state index in [0.717, 1.165) is 24.4 Å². The Morgan fingerprint density at radius 2 is 2.12 bits per heavy atom.